The minimum Gasteiger partial charge on any atom is -0.494 e. The minimum atomic E-state index is -0.577. The van der Waals surface area contributed by atoms with E-state index in [1.54, 1.807) is 29.1 Å². The molecule has 28 heavy (non-hydrogen) atoms. The number of benzene rings is 1. The average molecular weight is 383 g/mol. The molecular weight excluding hydrogens is 358 g/mol. The molecule has 7 heteroatoms. The number of aromatic nitrogens is 2. The van der Waals surface area contributed by atoms with Crippen LogP contribution in [0.5, 0.6) is 5.75 Å². The third-order valence-corrected chi connectivity index (χ3v) is 6.30. The molecule has 7 nitrogen and oxygen atoms in total. The van der Waals surface area contributed by atoms with Crippen molar-refractivity contribution in [1.82, 2.24) is 14.7 Å². The maximum Gasteiger partial charge on any atom is 0.314 e. The molecule has 1 aliphatic heterocycles. The first-order valence-corrected chi connectivity index (χ1v) is 9.38. The van der Waals surface area contributed by atoms with Crippen molar-refractivity contribution in [3.05, 3.63) is 42.2 Å². The molecule has 0 N–H and O–H groups in total. The number of para-hydroxylation sites is 2. The second-order valence-electron chi connectivity index (χ2n) is 8.40. The Hall–Kier alpha value is -2.83. The van der Waals surface area contributed by atoms with Gasteiger partial charge in [-0.15, -0.1) is 0 Å². The van der Waals surface area contributed by atoms with E-state index in [9.17, 15) is 9.59 Å². The first-order chi connectivity index (χ1) is 13.3. The first-order valence-electron chi connectivity index (χ1n) is 9.38. The van der Waals surface area contributed by atoms with Crippen LogP contribution in [0.4, 0.5) is 0 Å². The van der Waals surface area contributed by atoms with E-state index in [2.05, 4.69) is 18.9 Å². The summed E-state index contributed by atoms with van der Waals surface area (Å²) >= 11 is 0. The molecular formula is C21H25N3O4. The number of rotatable bonds is 4. The maximum absolute atomic E-state index is 13.1. The highest BCUT2D eigenvalue weighted by Crippen LogP contribution is 2.63. The second-order valence-corrected chi connectivity index (χ2v) is 8.40. The highest BCUT2D eigenvalue weighted by atomic mass is 16.5. The predicted molar refractivity (Wildman–Crippen MR) is 102 cm³/mol. The van der Waals surface area contributed by atoms with Crippen LogP contribution in [0.3, 0.4) is 0 Å². The fraction of sp³-hybridized carbons (Fsp3) is 0.476. The molecule has 1 aromatic heterocycles. The van der Waals surface area contributed by atoms with Gasteiger partial charge in [0, 0.05) is 19.3 Å². The number of nitrogens with zero attached hydrogens (tertiary/aromatic N) is 3. The zero-order valence-corrected chi connectivity index (χ0v) is 16.6. The van der Waals surface area contributed by atoms with Gasteiger partial charge in [0.2, 0.25) is 0 Å². The lowest BCUT2D eigenvalue weighted by Gasteiger charge is -2.54. The summed E-state index contributed by atoms with van der Waals surface area (Å²) in [5, 5.41) is 4.34. The van der Waals surface area contributed by atoms with Gasteiger partial charge in [-0.25, -0.2) is 4.68 Å². The van der Waals surface area contributed by atoms with Crippen LogP contribution in [0, 0.1) is 16.7 Å². The summed E-state index contributed by atoms with van der Waals surface area (Å²) in [5.74, 6) is 0.461. The molecule has 2 heterocycles. The van der Waals surface area contributed by atoms with E-state index in [-0.39, 0.29) is 23.2 Å². The number of likely N-dealkylation sites (tertiary alicyclic amines) is 1. The zero-order valence-electron chi connectivity index (χ0n) is 16.6. The van der Waals surface area contributed by atoms with Gasteiger partial charge in [0.15, 0.2) is 0 Å². The third kappa shape index (κ3) is 2.60. The van der Waals surface area contributed by atoms with Gasteiger partial charge in [-0.1, -0.05) is 26.0 Å². The number of methoxy groups -OCH3 is 2. The van der Waals surface area contributed by atoms with E-state index >= 15 is 0 Å². The Bertz CT molecular complexity index is 935. The van der Waals surface area contributed by atoms with Gasteiger partial charge in [0.25, 0.3) is 5.91 Å². The molecule has 2 aliphatic rings. The molecule has 2 fully saturated rings. The third-order valence-electron chi connectivity index (χ3n) is 6.30. The molecule has 0 unspecified atom stereocenters. The SMILES string of the molecule is COC(=O)[C@@]12CN(C(=O)c3cnn(-c4ccccc4OC)c3)C[C@@H]1C(C)(C)C2. The Balaban J connectivity index is 1.58. The Labute approximate surface area is 164 Å². The predicted octanol–water partition coefficient (Wildman–Crippen LogP) is 2.54. The van der Waals surface area contributed by atoms with Crippen molar-refractivity contribution in [2.45, 2.75) is 20.3 Å². The standard InChI is InChI=1S/C21H25N3O4/c1-20(2)12-21(19(26)28-4)13-23(11-17(20)21)18(25)14-9-22-24(10-14)15-7-5-6-8-16(15)27-3/h5-10,17H,11-13H2,1-4H3/t17-,21+/m1/s1. The molecule has 0 radical (unpaired) electrons. The van der Waals surface area contributed by atoms with Crippen molar-refractivity contribution in [3.63, 3.8) is 0 Å². The number of fused-ring (bicyclic) bond motifs is 1. The van der Waals surface area contributed by atoms with Gasteiger partial charge in [-0.3, -0.25) is 9.59 Å². The normalized spacial score (nSPS) is 25.0. The maximum atomic E-state index is 13.1. The Morgan fingerprint density at radius 3 is 2.64 bits per heavy atom. The Morgan fingerprint density at radius 2 is 1.96 bits per heavy atom. The van der Waals surface area contributed by atoms with Crippen LogP contribution in [0.25, 0.3) is 5.69 Å². The number of carbonyl (C=O) groups excluding carboxylic acids is 2. The quantitative estimate of drug-likeness (QED) is 0.759. The number of hydrogen-bond donors (Lipinski definition) is 0. The Kier molecular flexibility index (Phi) is 4.21. The summed E-state index contributed by atoms with van der Waals surface area (Å²) in [5.41, 5.74) is 0.694. The van der Waals surface area contributed by atoms with Crippen molar-refractivity contribution in [3.8, 4) is 11.4 Å². The van der Waals surface area contributed by atoms with Crippen molar-refractivity contribution in [2.24, 2.45) is 16.7 Å². The van der Waals surface area contributed by atoms with Crippen LogP contribution in [0.2, 0.25) is 0 Å². The fourth-order valence-corrected chi connectivity index (χ4v) is 5.09. The molecule has 0 bridgehead atoms. The van der Waals surface area contributed by atoms with Crippen molar-refractivity contribution in [1.29, 1.82) is 0 Å². The number of hydrogen-bond acceptors (Lipinski definition) is 5. The lowest BCUT2D eigenvalue weighted by atomic mass is 9.48. The van der Waals surface area contributed by atoms with E-state index in [4.69, 9.17) is 9.47 Å². The highest BCUT2D eigenvalue weighted by molar-refractivity contribution is 5.95. The molecule has 1 aromatic carbocycles. The second kappa shape index (κ2) is 6.36. The minimum absolute atomic E-state index is 0.0187. The topological polar surface area (TPSA) is 73.7 Å². The van der Waals surface area contributed by atoms with Gasteiger partial charge >= 0.3 is 5.97 Å². The van der Waals surface area contributed by atoms with E-state index in [0.717, 1.165) is 12.1 Å². The van der Waals surface area contributed by atoms with Crippen LogP contribution in [0.15, 0.2) is 36.7 Å². The monoisotopic (exact) mass is 383 g/mol. The number of esters is 1. The first kappa shape index (κ1) is 18.5. The van der Waals surface area contributed by atoms with Crippen molar-refractivity contribution >= 4 is 11.9 Å². The molecule has 4 rings (SSSR count). The van der Waals surface area contributed by atoms with Gasteiger partial charge in [-0.2, -0.15) is 5.10 Å². The van der Waals surface area contributed by atoms with Crippen LogP contribution in [0.1, 0.15) is 30.6 Å². The molecule has 1 saturated carbocycles. The lowest BCUT2D eigenvalue weighted by molar-refractivity contribution is -0.174. The summed E-state index contributed by atoms with van der Waals surface area (Å²) in [4.78, 5) is 27.3. The van der Waals surface area contributed by atoms with Crippen molar-refractivity contribution in [2.75, 3.05) is 27.3 Å². The molecule has 2 aromatic rings. The fourth-order valence-electron chi connectivity index (χ4n) is 5.09. The molecule has 1 amide bonds. The number of carbonyl (C=O) groups is 2. The zero-order chi connectivity index (χ0) is 20.1. The number of amides is 1. The largest absolute Gasteiger partial charge is 0.494 e. The van der Waals surface area contributed by atoms with Gasteiger partial charge in [-0.05, 0) is 29.9 Å². The van der Waals surface area contributed by atoms with Gasteiger partial charge < -0.3 is 14.4 Å². The van der Waals surface area contributed by atoms with E-state index in [0.29, 0.717) is 24.4 Å². The van der Waals surface area contributed by atoms with Crippen LogP contribution < -0.4 is 4.74 Å². The molecule has 148 valence electrons. The molecule has 1 aliphatic carbocycles. The van der Waals surface area contributed by atoms with Crippen LogP contribution >= 0.6 is 0 Å². The molecule has 2 atom stereocenters. The van der Waals surface area contributed by atoms with E-state index in [1.807, 2.05) is 24.3 Å². The molecule has 1 saturated heterocycles. The highest BCUT2D eigenvalue weighted by Gasteiger charge is 2.68. The summed E-state index contributed by atoms with van der Waals surface area (Å²) in [6, 6.07) is 7.50. The summed E-state index contributed by atoms with van der Waals surface area (Å²) in [6.45, 7) is 5.24. The van der Waals surface area contributed by atoms with Crippen molar-refractivity contribution < 1.29 is 19.1 Å². The summed E-state index contributed by atoms with van der Waals surface area (Å²) in [7, 11) is 3.02. The van der Waals surface area contributed by atoms with Crippen LogP contribution in [-0.4, -0.2) is 53.9 Å². The van der Waals surface area contributed by atoms with Gasteiger partial charge in [0.05, 0.1) is 31.4 Å². The van der Waals surface area contributed by atoms with E-state index < -0.39 is 5.41 Å². The lowest BCUT2D eigenvalue weighted by Crippen LogP contribution is -2.57. The van der Waals surface area contributed by atoms with Gasteiger partial charge in [0.1, 0.15) is 11.4 Å². The number of ether oxygens (including phenoxy) is 2. The smallest absolute Gasteiger partial charge is 0.314 e. The van der Waals surface area contributed by atoms with E-state index in [1.165, 1.54) is 7.11 Å². The average Bonchev–Trinajstić information content (AvgIpc) is 3.30. The molecule has 0 spiro atoms. The summed E-state index contributed by atoms with van der Waals surface area (Å²) in [6.07, 6.45) is 4.00. The Morgan fingerprint density at radius 1 is 1.21 bits per heavy atom. The summed E-state index contributed by atoms with van der Waals surface area (Å²) < 4.78 is 12.1. The van der Waals surface area contributed by atoms with Crippen LogP contribution in [-0.2, 0) is 9.53 Å².